The van der Waals surface area contributed by atoms with E-state index >= 15 is 0 Å². The van der Waals surface area contributed by atoms with Crippen molar-refractivity contribution >= 4 is 9.28 Å². The van der Waals surface area contributed by atoms with Gasteiger partial charge in [0.25, 0.3) is 0 Å². The van der Waals surface area contributed by atoms with Gasteiger partial charge in [0.15, 0.2) is 0 Å². The van der Waals surface area contributed by atoms with Gasteiger partial charge in [-0.15, -0.1) is 0 Å². The monoisotopic (exact) mass is 252 g/mol. The van der Waals surface area contributed by atoms with E-state index in [0.717, 1.165) is 18.4 Å². The van der Waals surface area contributed by atoms with Crippen LogP contribution in [0.4, 0.5) is 0 Å². The molecule has 0 saturated carbocycles. The second-order valence-corrected chi connectivity index (χ2v) is 6.17. The third-order valence-electron chi connectivity index (χ3n) is 2.66. The van der Waals surface area contributed by atoms with Crippen molar-refractivity contribution in [3.05, 3.63) is 30.3 Å². The van der Waals surface area contributed by atoms with Crippen molar-refractivity contribution in [2.45, 2.75) is 45.6 Å². The molecule has 0 spiro atoms. The van der Waals surface area contributed by atoms with E-state index in [1.54, 1.807) is 0 Å². The van der Waals surface area contributed by atoms with E-state index in [2.05, 4.69) is 6.92 Å². The Morgan fingerprint density at radius 2 is 1.76 bits per heavy atom. The first-order chi connectivity index (χ1) is 8.36. The van der Waals surface area contributed by atoms with Crippen LogP contribution in [-0.2, 0) is 4.43 Å². The zero-order valence-corrected chi connectivity index (χ0v) is 12.2. The number of hydrogen-bond acceptors (Lipinski definition) is 2. The van der Waals surface area contributed by atoms with Crippen LogP contribution in [0, 0.1) is 0 Å². The van der Waals surface area contributed by atoms with Gasteiger partial charge in [0.05, 0.1) is 0 Å². The molecule has 2 nitrogen and oxygen atoms in total. The normalized spacial score (nSPS) is 12.4. The second-order valence-electron chi connectivity index (χ2n) is 4.17. The van der Waals surface area contributed by atoms with Crippen molar-refractivity contribution in [1.82, 2.24) is 0 Å². The van der Waals surface area contributed by atoms with Crippen LogP contribution in [0.15, 0.2) is 30.3 Å². The number of rotatable bonds is 9. The highest BCUT2D eigenvalue weighted by atomic mass is 28.3. The van der Waals surface area contributed by atoms with Crippen LogP contribution >= 0.6 is 0 Å². The highest BCUT2D eigenvalue weighted by molar-refractivity contribution is 6.45. The van der Waals surface area contributed by atoms with Gasteiger partial charge < -0.3 is 8.85 Å². The lowest BCUT2D eigenvalue weighted by Crippen LogP contribution is -2.26. The summed E-state index contributed by atoms with van der Waals surface area (Å²) < 4.78 is 11.7. The molecule has 1 unspecified atom stereocenters. The first-order valence-corrected chi connectivity index (χ1v) is 8.46. The van der Waals surface area contributed by atoms with Crippen molar-refractivity contribution in [3.63, 3.8) is 0 Å². The predicted molar refractivity (Wildman–Crippen MR) is 74.8 cm³/mol. The van der Waals surface area contributed by atoms with Gasteiger partial charge in [0.1, 0.15) is 5.75 Å². The smallest absolute Gasteiger partial charge is 0.382 e. The van der Waals surface area contributed by atoms with Crippen molar-refractivity contribution < 1.29 is 8.85 Å². The van der Waals surface area contributed by atoms with Gasteiger partial charge in [-0.2, -0.15) is 0 Å². The molecule has 0 aliphatic heterocycles. The van der Waals surface area contributed by atoms with E-state index < -0.39 is 9.28 Å². The Bertz CT molecular complexity index is 277. The van der Waals surface area contributed by atoms with Crippen molar-refractivity contribution in [3.8, 4) is 5.75 Å². The van der Waals surface area contributed by atoms with Crippen LogP contribution in [-0.4, -0.2) is 15.9 Å². The lowest BCUT2D eigenvalue weighted by atomic mass is 10.2. The summed E-state index contributed by atoms with van der Waals surface area (Å²) in [4.78, 5) is 0. The molecule has 0 fully saturated rings. The van der Waals surface area contributed by atoms with Gasteiger partial charge in [-0.25, -0.2) is 0 Å². The highest BCUT2D eigenvalue weighted by Gasteiger charge is 2.13. The topological polar surface area (TPSA) is 18.5 Å². The summed E-state index contributed by atoms with van der Waals surface area (Å²) in [5.41, 5.74) is 0. The Morgan fingerprint density at radius 1 is 1.00 bits per heavy atom. The molecule has 0 saturated heterocycles. The lowest BCUT2D eigenvalue weighted by molar-refractivity contribution is 0.279. The Hall–Kier alpha value is -0.803. The molecule has 96 valence electrons. The van der Waals surface area contributed by atoms with E-state index in [4.69, 9.17) is 8.85 Å². The minimum Gasteiger partial charge on any atom is -0.522 e. The van der Waals surface area contributed by atoms with Crippen LogP contribution in [0.1, 0.15) is 39.5 Å². The summed E-state index contributed by atoms with van der Waals surface area (Å²) in [6, 6.07) is 11.1. The van der Waals surface area contributed by atoms with Gasteiger partial charge in [-0.05, 0) is 25.1 Å². The molecular weight excluding hydrogens is 228 g/mol. The third-order valence-corrected chi connectivity index (χ3v) is 4.78. The predicted octanol–water partition coefficient (Wildman–Crippen LogP) is 3.90. The maximum atomic E-state index is 5.95. The number of para-hydroxylation sites is 1. The van der Waals surface area contributed by atoms with Crippen LogP contribution in [0.5, 0.6) is 5.75 Å². The molecule has 0 aliphatic carbocycles. The van der Waals surface area contributed by atoms with Crippen molar-refractivity contribution in [2.24, 2.45) is 0 Å². The maximum absolute atomic E-state index is 5.95. The Balaban J connectivity index is 2.32. The van der Waals surface area contributed by atoms with Crippen LogP contribution in [0.3, 0.4) is 0 Å². The van der Waals surface area contributed by atoms with Gasteiger partial charge in [0.2, 0.25) is 0 Å². The van der Waals surface area contributed by atoms with Gasteiger partial charge in [-0.3, -0.25) is 0 Å². The SMILES string of the molecule is CCCCCC[SiH](OCC)Oc1ccccc1. The fourth-order valence-electron chi connectivity index (χ4n) is 1.75. The van der Waals surface area contributed by atoms with E-state index in [-0.39, 0.29) is 0 Å². The van der Waals surface area contributed by atoms with Crippen LogP contribution in [0.2, 0.25) is 6.04 Å². The summed E-state index contributed by atoms with van der Waals surface area (Å²) in [5, 5.41) is 0. The molecule has 0 heterocycles. The minimum absolute atomic E-state index is 0.761. The Kier molecular flexibility index (Phi) is 7.76. The highest BCUT2D eigenvalue weighted by Crippen LogP contribution is 2.14. The average molecular weight is 252 g/mol. The van der Waals surface area contributed by atoms with Crippen molar-refractivity contribution in [2.75, 3.05) is 6.61 Å². The molecule has 0 amide bonds. The first-order valence-electron chi connectivity index (χ1n) is 6.70. The van der Waals surface area contributed by atoms with E-state index in [9.17, 15) is 0 Å². The molecule has 0 N–H and O–H groups in total. The maximum Gasteiger partial charge on any atom is 0.382 e. The molecule has 0 aliphatic rings. The molecule has 3 heteroatoms. The van der Waals surface area contributed by atoms with E-state index in [1.165, 1.54) is 25.7 Å². The van der Waals surface area contributed by atoms with Gasteiger partial charge in [0, 0.05) is 6.61 Å². The molecule has 17 heavy (non-hydrogen) atoms. The van der Waals surface area contributed by atoms with Crippen LogP contribution in [0.25, 0.3) is 0 Å². The fraction of sp³-hybridized carbons (Fsp3) is 0.571. The third kappa shape index (κ3) is 6.49. The van der Waals surface area contributed by atoms with Crippen LogP contribution < -0.4 is 4.43 Å². The molecule has 1 rings (SSSR count). The molecule has 1 aromatic carbocycles. The Morgan fingerprint density at radius 3 is 2.41 bits per heavy atom. The van der Waals surface area contributed by atoms with Gasteiger partial charge >= 0.3 is 9.28 Å². The lowest BCUT2D eigenvalue weighted by Gasteiger charge is -2.16. The summed E-state index contributed by atoms with van der Waals surface area (Å²) in [6.07, 6.45) is 5.13. The summed E-state index contributed by atoms with van der Waals surface area (Å²) in [7, 11) is -1.50. The quantitative estimate of drug-likeness (QED) is 0.490. The fourth-order valence-corrected chi connectivity index (χ4v) is 3.56. The zero-order valence-electron chi connectivity index (χ0n) is 11.0. The standard InChI is InChI=1S/C14H24O2Si/c1-3-5-6-10-13-17(15-4-2)16-14-11-8-7-9-12-14/h7-9,11-12,17H,3-6,10,13H2,1-2H3. The molecule has 0 radical (unpaired) electrons. The van der Waals surface area contributed by atoms with E-state index in [1.807, 2.05) is 37.3 Å². The minimum atomic E-state index is -1.50. The molecule has 1 atom stereocenters. The first kappa shape index (κ1) is 14.3. The van der Waals surface area contributed by atoms with Crippen molar-refractivity contribution in [1.29, 1.82) is 0 Å². The summed E-state index contributed by atoms with van der Waals surface area (Å²) in [5.74, 6) is 0.952. The Labute approximate surface area is 107 Å². The molecule has 0 bridgehead atoms. The molecule has 0 aromatic heterocycles. The van der Waals surface area contributed by atoms with Gasteiger partial charge in [-0.1, -0.05) is 50.8 Å². The second kappa shape index (κ2) is 9.25. The number of unbranched alkanes of at least 4 members (excludes halogenated alkanes) is 3. The van der Waals surface area contributed by atoms with E-state index in [0.29, 0.717) is 0 Å². The zero-order chi connectivity index (χ0) is 12.3. The summed E-state index contributed by atoms with van der Waals surface area (Å²) >= 11 is 0. The molecule has 1 aromatic rings. The average Bonchev–Trinajstić information content (AvgIpc) is 2.36. The largest absolute Gasteiger partial charge is 0.522 e. The number of benzene rings is 1. The number of hydrogen-bond donors (Lipinski definition) is 0. The molecular formula is C14H24O2Si. The summed E-state index contributed by atoms with van der Waals surface area (Å²) in [6.45, 7) is 5.04.